The van der Waals surface area contributed by atoms with Gasteiger partial charge in [-0.1, -0.05) is 11.8 Å². The number of carbonyl (C=O) groups excluding carboxylic acids is 1. The van der Waals surface area contributed by atoms with Crippen molar-refractivity contribution >= 4 is 23.4 Å². The fourth-order valence-electron chi connectivity index (χ4n) is 2.34. The number of halogens is 2. The molecule has 0 bridgehead atoms. The van der Waals surface area contributed by atoms with Crippen LogP contribution in [0.3, 0.4) is 0 Å². The molecule has 0 atom stereocenters. The predicted molar refractivity (Wildman–Crippen MR) is 94.6 cm³/mol. The summed E-state index contributed by atoms with van der Waals surface area (Å²) in [5.74, 6) is -1.20. The molecule has 1 N–H and O–H groups in total. The molecule has 0 unspecified atom stereocenters. The molecule has 1 amide bonds. The topological polar surface area (TPSA) is 72.7 Å². The fraction of sp³-hybridized carbons (Fsp3) is 0.176. The average molecular weight is 375 g/mol. The van der Waals surface area contributed by atoms with E-state index in [0.29, 0.717) is 17.5 Å². The Morgan fingerprint density at radius 3 is 2.65 bits per heavy atom. The molecule has 0 aliphatic rings. The number of hydrogen-bond donors (Lipinski definition) is 1. The van der Waals surface area contributed by atoms with Crippen LogP contribution >= 0.6 is 11.8 Å². The quantitative estimate of drug-likeness (QED) is 0.669. The molecule has 0 fully saturated rings. The summed E-state index contributed by atoms with van der Waals surface area (Å²) in [6.07, 6.45) is 3.36. The van der Waals surface area contributed by atoms with Crippen LogP contribution in [0.15, 0.2) is 47.9 Å². The Labute approximate surface area is 152 Å². The number of nitrogens with zero attached hydrogens (tertiary/aromatic N) is 4. The van der Waals surface area contributed by atoms with Crippen LogP contribution in [0.2, 0.25) is 0 Å². The molecule has 3 rings (SSSR count). The summed E-state index contributed by atoms with van der Waals surface area (Å²) in [7, 11) is 0. The Bertz CT molecular complexity index is 897. The van der Waals surface area contributed by atoms with E-state index >= 15 is 0 Å². The summed E-state index contributed by atoms with van der Waals surface area (Å²) >= 11 is 1.19. The van der Waals surface area contributed by atoms with Gasteiger partial charge in [-0.2, -0.15) is 0 Å². The van der Waals surface area contributed by atoms with E-state index in [2.05, 4.69) is 20.5 Å². The standard InChI is InChI=1S/C17H15F2N5OS/c1-2-24-16(11-4-3-5-20-9-11)22-23-17(24)26-10-15(25)21-14-7-12(18)6-13(19)8-14/h3-9H,2,10H2,1H3,(H,21,25). The van der Waals surface area contributed by atoms with Crippen LogP contribution in [-0.4, -0.2) is 31.4 Å². The number of benzene rings is 1. The first-order valence-electron chi connectivity index (χ1n) is 7.79. The van der Waals surface area contributed by atoms with Crippen molar-refractivity contribution in [2.45, 2.75) is 18.6 Å². The van der Waals surface area contributed by atoms with E-state index in [1.807, 2.05) is 23.6 Å². The smallest absolute Gasteiger partial charge is 0.234 e. The molecule has 0 saturated carbocycles. The van der Waals surface area contributed by atoms with Crippen molar-refractivity contribution in [2.24, 2.45) is 0 Å². The molecule has 9 heteroatoms. The summed E-state index contributed by atoms with van der Waals surface area (Å²) < 4.78 is 28.2. The van der Waals surface area contributed by atoms with Crippen LogP contribution in [0.4, 0.5) is 14.5 Å². The van der Waals surface area contributed by atoms with Gasteiger partial charge in [-0.15, -0.1) is 10.2 Å². The van der Waals surface area contributed by atoms with E-state index in [-0.39, 0.29) is 11.4 Å². The minimum absolute atomic E-state index is 0.0311. The molecule has 3 aromatic rings. The van der Waals surface area contributed by atoms with Crippen molar-refractivity contribution in [3.8, 4) is 11.4 Å². The van der Waals surface area contributed by atoms with E-state index in [0.717, 1.165) is 23.8 Å². The van der Waals surface area contributed by atoms with E-state index in [1.54, 1.807) is 12.4 Å². The van der Waals surface area contributed by atoms with Gasteiger partial charge < -0.3 is 9.88 Å². The van der Waals surface area contributed by atoms with E-state index in [4.69, 9.17) is 0 Å². The lowest BCUT2D eigenvalue weighted by Gasteiger charge is -2.08. The van der Waals surface area contributed by atoms with Gasteiger partial charge >= 0.3 is 0 Å². The second-order valence-corrected chi connectivity index (χ2v) is 6.23. The number of anilines is 1. The largest absolute Gasteiger partial charge is 0.325 e. The van der Waals surface area contributed by atoms with Gasteiger partial charge in [0.1, 0.15) is 11.6 Å². The van der Waals surface area contributed by atoms with Crippen molar-refractivity contribution in [3.63, 3.8) is 0 Å². The number of amides is 1. The van der Waals surface area contributed by atoms with Crippen LogP contribution in [-0.2, 0) is 11.3 Å². The molecular weight excluding hydrogens is 360 g/mol. The highest BCUT2D eigenvalue weighted by Gasteiger charge is 2.15. The van der Waals surface area contributed by atoms with Gasteiger partial charge in [0.25, 0.3) is 0 Å². The zero-order chi connectivity index (χ0) is 18.5. The van der Waals surface area contributed by atoms with Gasteiger partial charge in [0.2, 0.25) is 5.91 Å². The molecular formula is C17H15F2N5OS. The highest BCUT2D eigenvalue weighted by molar-refractivity contribution is 7.99. The third-order valence-corrected chi connectivity index (χ3v) is 4.40. The van der Waals surface area contributed by atoms with Crippen LogP contribution < -0.4 is 5.32 Å². The summed E-state index contributed by atoms with van der Waals surface area (Å²) in [4.78, 5) is 16.1. The van der Waals surface area contributed by atoms with Gasteiger partial charge in [-0.3, -0.25) is 9.78 Å². The van der Waals surface area contributed by atoms with Gasteiger partial charge in [0, 0.05) is 36.3 Å². The normalized spacial score (nSPS) is 10.7. The second kappa shape index (κ2) is 8.05. The maximum Gasteiger partial charge on any atom is 0.234 e. The molecule has 134 valence electrons. The molecule has 0 saturated heterocycles. The highest BCUT2D eigenvalue weighted by Crippen LogP contribution is 2.23. The Balaban J connectivity index is 1.68. The molecule has 26 heavy (non-hydrogen) atoms. The number of rotatable bonds is 6. The molecule has 6 nitrogen and oxygen atoms in total. The Morgan fingerprint density at radius 2 is 2.00 bits per heavy atom. The summed E-state index contributed by atoms with van der Waals surface area (Å²) in [5, 5.41) is 11.3. The third kappa shape index (κ3) is 4.23. The highest BCUT2D eigenvalue weighted by atomic mass is 32.2. The van der Waals surface area contributed by atoms with Crippen molar-refractivity contribution < 1.29 is 13.6 Å². The van der Waals surface area contributed by atoms with Crippen LogP contribution in [0.1, 0.15) is 6.92 Å². The number of nitrogens with one attached hydrogen (secondary N) is 1. The minimum atomic E-state index is -0.750. The summed E-state index contributed by atoms with van der Waals surface area (Å²) in [6.45, 7) is 2.57. The zero-order valence-corrected chi connectivity index (χ0v) is 14.6. The second-order valence-electron chi connectivity index (χ2n) is 5.29. The maximum absolute atomic E-state index is 13.2. The lowest BCUT2D eigenvalue weighted by molar-refractivity contribution is -0.113. The predicted octanol–water partition coefficient (Wildman–Crippen LogP) is 3.37. The van der Waals surface area contributed by atoms with Gasteiger partial charge in [0.05, 0.1) is 5.75 Å². The molecule has 1 aromatic carbocycles. The van der Waals surface area contributed by atoms with E-state index in [9.17, 15) is 13.6 Å². The first kappa shape index (κ1) is 18.0. The van der Waals surface area contributed by atoms with Crippen LogP contribution in [0.25, 0.3) is 11.4 Å². The molecule has 0 radical (unpaired) electrons. The lowest BCUT2D eigenvalue weighted by atomic mass is 10.3. The maximum atomic E-state index is 13.2. The molecule has 0 aliphatic heterocycles. The monoisotopic (exact) mass is 375 g/mol. The third-order valence-electron chi connectivity index (χ3n) is 3.43. The van der Waals surface area contributed by atoms with Crippen molar-refractivity contribution in [3.05, 3.63) is 54.4 Å². The van der Waals surface area contributed by atoms with Crippen molar-refractivity contribution in [2.75, 3.05) is 11.1 Å². The van der Waals surface area contributed by atoms with E-state index in [1.165, 1.54) is 11.8 Å². The zero-order valence-electron chi connectivity index (χ0n) is 13.8. The van der Waals surface area contributed by atoms with Gasteiger partial charge in [-0.05, 0) is 31.2 Å². The van der Waals surface area contributed by atoms with Crippen LogP contribution in [0, 0.1) is 11.6 Å². The fourth-order valence-corrected chi connectivity index (χ4v) is 3.14. The number of thioether (sulfide) groups is 1. The number of aromatic nitrogens is 4. The van der Waals surface area contributed by atoms with E-state index < -0.39 is 17.5 Å². The summed E-state index contributed by atoms with van der Waals surface area (Å²) in [5.41, 5.74) is 0.898. The number of carbonyl (C=O) groups is 1. The van der Waals surface area contributed by atoms with Crippen molar-refractivity contribution in [1.82, 2.24) is 19.7 Å². The van der Waals surface area contributed by atoms with Crippen LogP contribution in [0.5, 0.6) is 0 Å². The molecule has 0 spiro atoms. The average Bonchev–Trinajstić information content (AvgIpc) is 3.02. The van der Waals surface area contributed by atoms with Gasteiger partial charge in [-0.25, -0.2) is 8.78 Å². The van der Waals surface area contributed by atoms with Crippen molar-refractivity contribution in [1.29, 1.82) is 0 Å². The first-order valence-corrected chi connectivity index (χ1v) is 8.77. The first-order chi connectivity index (χ1) is 12.6. The van der Waals surface area contributed by atoms with Gasteiger partial charge in [0.15, 0.2) is 11.0 Å². The SMILES string of the molecule is CCn1c(SCC(=O)Nc2cc(F)cc(F)c2)nnc1-c1cccnc1. The molecule has 2 aromatic heterocycles. The molecule has 0 aliphatic carbocycles. The summed E-state index contributed by atoms with van der Waals surface area (Å²) in [6, 6.07) is 6.54. The molecule has 2 heterocycles. The number of pyridine rings is 1. The Kier molecular flexibility index (Phi) is 5.57. The lowest BCUT2D eigenvalue weighted by Crippen LogP contribution is -2.15. The number of hydrogen-bond acceptors (Lipinski definition) is 5. The Hall–Kier alpha value is -2.81. The Morgan fingerprint density at radius 1 is 1.23 bits per heavy atom. The minimum Gasteiger partial charge on any atom is -0.325 e.